The van der Waals surface area contributed by atoms with Crippen LogP contribution in [0.5, 0.6) is 0 Å². The van der Waals surface area contributed by atoms with Gasteiger partial charge in [0.05, 0.1) is 11.2 Å². The number of nitrogens with one attached hydrogen (secondary N) is 1. The van der Waals surface area contributed by atoms with E-state index in [-0.39, 0.29) is 6.04 Å². The van der Waals surface area contributed by atoms with Gasteiger partial charge in [-0.2, -0.15) is 4.39 Å². The highest BCUT2D eigenvalue weighted by molar-refractivity contribution is 6.09. The number of hydrogen-bond donors (Lipinski definition) is 1. The Hall–Kier alpha value is -2.73. The highest BCUT2D eigenvalue weighted by Gasteiger charge is 2.54. The summed E-state index contributed by atoms with van der Waals surface area (Å²) in [7, 11) is 0. The van der Waals surface area contributed by atoms with Crippen LogP contribution in [0.25, 0.3) is 0 Å². The van der Waals surface area contributed by atoms with Gasteiger partial charge < -0.3 is 5.32 Å². The Morgan fingerprint density at radius 1 is 0.939 bits per heavy atom. The van der Waals surface area contributed by atoms with E-state index in [0.717, 1.165) is 45.3 Å². The van der Waals surface area contributed by atoms with Gasteiger partial charge in [-0.1, -0.05) is 55.7 Å². The molecule has 1 saturated carbocycles. The van der Waals surface area contributed by atoms with Gasteiger partial charge in [0.25, 0.3) is 5.91 Å². The van der Waals surface area contributed by atoms with Gasteiger partial charge in [-0.3, -0.25) is 14.6 Å². The van der Waals surface area contributed by atoms with Gasteiger partial charge in [-0.15, -0.1) is 0 Å². The Bertz CT molecular complexity index is 1020. The lowest BCUT2D eigenvalue weighted by atomic mass is 9.82. The lowest BCUT2D eigenvalue weighted by Gasteiger charge is -2.47. The van der Waals surface area contributed by atoms with E-state index in [9.17, 15) is 9.18 Å². The number of carbonyl (C=O) groups excluding carboxylic acids is 1. The first kappa shape index (κ1) is 22.1. The van der Waals surface area contributed by atoms with Gasteiger partial charge in [0, 0.05) is 31.4 Å². The van der Waals surface area contributed by atoms with E-state index in [1.54, 1.807) is 12.1 Å². The van der Waals surface area contributed by atoms with Crippen LogP contribution >= 0.6 is 0 Å². The van der Waals surface area contributed by atoms with E-state index in [1.165, 1.54) is 29.0 Å². The summed E-state index contributed by atoms with van der Waals surface area (Å²) in [5.74, 6) is -1.79. The molecule has 2 aromatic carbocycles. The minimum atomic E-state index is -0.806. The van der Waals surface area contributed by atoms with Crippen LogP contribution in [0.4, 0.5) is 14.5 Å². The van der Waals surface area contributed by atoms with Crippen molar-refractivity contribution in [1.82, 2.24) is 10.2 Å². The molecule has 0 unspecified atom stereocenters. The van der Waals surface area contributed by atoms with Crippen LogP contribution in [0.15, 0.2) is 66.1 Å². The number of piperidine rings is 1. The number of anilines is 1. The zero-order chi connectivity index (χ0) is 22.8. The van der Waals surface area contributed by atoms with Crippen LogP contribution in [0.2, 0.25) is 0 Å². The van der Waals surface area contributed by atoms with Crippen LogP contribution in [0.3, 0.4) is 0 Å². The summed E-state index contributed by atoms with van der Waals surface area (Å²) in [6, 6.07) is 16.5. The van der Waals surface area contributed by atoms with Crippen molar-refractivity contribution < 1.29 is 13.6 Å². The van der Waals surface area contributed by atoms with Crippen molar-refractivity contribution in [3.8, 4) is 0 Å². The molecule has 6 heteroatoms. The molecule has 2 aromatic rings. The van der Waals surface area contributed by atoms with Crippen LogP contribution in [0.1, 0.15) is 50.5 Å². The SMILES string of the molecule is O=C1C(F)=C(NC2CCCCC2)C2(CCN(Cc3ccccc3)CC2)N1c1cccc(F)c1. The van der Waals surface area contributed by atoms with E-state index in [4.69, 9.17) is 0 Å². The van der Waals surface area contributed by atoms with Crippen LogP contribution in [0, 0.1) is 5.82 Å². The van der Waals surface area contributed by atoms with Gasteiger partial charge in [0.1, 0.15) is 5.82 Å². The Balaban J connectivity index is 1.44. The molecule has 1 aliphatic carbocycles. The Kier molecular flexibility index (Phi) is 6.19. The Morgan fingerprint density at radius 3 is 2.36 bits per heavy atom. The lowest BCUT2D eigenvalue weighted by Crippen LogP contribution is -2.58. The third-order valence-corrected chi connectivity index (χ3v) is 7.46. The predicted octanol–water partition coefficient (Wildman–Crippen LogP) is 5.31. The fraction of sp³-hybridized carbons (Fsp3) is 0.444. The minimum Gasteiger partial charge on any atom is -0.381 e. The number of likely N-dealkylation sites (tertiary alicyclic amines) is 1. The third kappa shape index (κ3) is 4.29. The van der Waals surface area contributed by atoms with E-state index in [2.05, 4.69) is 22.3 Å². The summed E-state index contributed by atoms with van der Waals surface area (Å²) < 4.78 is 29.7. The highest BCUT2D eigenvalue weighted by Crippen LogP contribution is 2.46. The second-order valence-electron chi connectivity index (χ2n) is 9.58. The van der Waals surface area contributed by atoms with Gasteiger partial charge in [-0.05, 0) is 49.4 Å². The van der Waals surface area contributed by atoms with E-state index in [1.807, 2.05) is 18.2 Å². The number of amides is 1. The summed E-state index contributed by atoms with van der Waals surface area (Å²) >= 11 is 0. The van der Waals surface area contributed by atoms with Gasteiger partial charge >= 0.3 is 0 Å². The first-order valence-electron chi connectivity index (χ1n) is 12.1. The van der Waals surface area contributed by atoms with Crippen molar-refractivity contribution in [2.24, 2.45) is 0 Å². The molecule has 33 heavy (non-hydrogen) atoms. The van der Waals surface area contributed by atoms with Crippen molar-refractivity contribution in [1.29, 1.82) is 0 Å². The number of hydrogen-bond acceptors (Lipinski definition) is 3. The average Bonchev–Trinajstić information content (AvgIpc) is 3.03. The van der Waals surface area contributed by atoms with Gasteiger partial charge in [0.15, 0.2) is 0 Å². The largest absolute Gasteiger partial charge is 0.381 e. The van der Waals surface area contributed by atoms with Crippen molar-refractivity contribution in [2.75, 3.05) is 18.0 Å². The highest BCUT2D eigenvalue weighted by atomic mass is 19.1. The van der Waals surface area contributed by atoms with E-state index >= 15 is 4.39 Å². The fourth-order valence-electron chi connectivity index (χ4n) is 5.74. The minimum absolute atomic E-state index is 0.180. The van der Waals surface area contributed by atoms with E-state index in [0.29, 0.717) is 24.2 Å². The summed E-state index contributed by atoms with van der Waals surface area (Å²) in [6.07, 6.45) is 6.61. The molecular weight excluding hydrogens is 420 g/mol. The second-order valence-corrected chi connectivity index (χ2v) is 9.58. The van der Waals surface area contributed by atoms with Gasteiger partial charge in [-0.25, -0.2) is 4.39 Å². The molecular formula is C27H31F2N3O. The third-order valence-electron chi connectivity index (χ3n) is 7.46. The topological polar surface area (TPSA) is 35.6 Å². The maximum absolute atomic E-state index is 15.6. The maximum atomic E-state index is 15.6. The van der Waals surface area contributed by atoms with Crippen molar-refractivity contribution >= 4 is 11.6 Å². The molecule has 3 aliphatic rings. The number of rotatable bonds is 5. The number of benzene rings is 2. The first-order valence-corrected chi connectivity index (χ1v) is 12.1. The maximum Gasteiger partial charge on any atom is 0.289 e. The number of nitrogens with zero attached hydrogens (tertiary/aromatic N) is 2. The van der Waals surface area contributed by atoms with Crippen LogP contribution in [-0.4, -0.2) is 35.5 Å². The molecule has 0 atom stereocenters. The van der Waals surface area contributed by atoms with Crippen molar-refractivity contribution in [2.45, 2.75) is 63.1 Å². The lowest BCUT2D eigenvalue weighted by molar-refractivity contribution is -0.116. The second kappa shape index (κ2) is 9.26. The molecule has 0 radical (unpaired) electrons. The van der Waals surface area contributed by atoms with Crippen LogP contribution in [-0.2, 0) is 11.3 Å². The van der Waals surface area contributed by atoms with Crippen molar-refractivity contribution in [3.63, 3.8) is 0 Å². The molecule has 1 saturated heterocycles. The summed E-state index contributed by atoms with van der Waals surface area (Å²) in [4.78, 5) is 17.1. The molecule has 174 valence electrons. The van der Waals surface area contributed by atoms with Gasteiger partial charge in [0.2, 0.25) is 5.83 Å². The Labute approximate surface area is 194 Å². The summed E-state index contributed by atoms with van der Waals surface area (Å²) in [5, 5.41) is 3.47. The molecule has 5 rings (SSSR count). The average molecular weight is 452 g/mol. The molecule has 4 nitrogen and oxygen atoms in total. The normalized spacial score (nSPS) is 21.8. The summed E-state index contributed by atoms with van der Waals surface area (Å²) in [5.41, 5.74) is 1.27. The molecule has 2 heterocycles. The smallest absolute Gasteiger partial charge is 0.289 e. The predicted molar refractivity (Wildman–Crippen MR) is 126 cm³/mol. The van der Waals surface area contributed by atoms with Crippen LogP contribution < -0.4 is 10.2 Å². The van der Waals surface area contributed by atoms with Crippen molar-refractivity contribution in [3.05, 3.63) is 77.5 Å². The fourth-order valence-corrected chi connectivity index (χ4v) is 5.74. The first-order chi connectivity index (χ1) is 16.1. The number of carbonyl (C=O) groups is 1. The summed E-state index contributed by atoms with van der Waals surface area (Å²) in [6.45, 7) is 2.29. The molecule has 2 aliphatic heterocycles. The van der Waals surface area contributed by atoms with E-state index < -0.39 is 23.1 Å². The number of halogens is 2. The molecule has 0 bridgehead atoms. The standard InChI is InChI=1S/C27H31F2N3O/c28-21-10-7-13-23(18-21)32-26(33)24(29)25(30-22-11-5-2-6-12-22)27(32)14-16-31(17-15-27)19-20-8-3-1-4-9-20/h1,3-4,7-10,13,18,22,30H,2,5-6,11-12,14-17,19H2. The quantitative estimate of drug-likeness (QED) is 0.669. The molecule has 1 spiro atoms. The molecule has 1 amide bonds. The molecule has 2 fully saturated rings. The Morgan fingerprint density at radius 2 is 1.67 bits per heavy atom. The zero-order valence-corrected chi connectivity index (χ0v) is 18.9. The molecule has 1 N–H and O–H groups in total. The monoisotopic (exact) mass is 451 g/mol. The zero-order valence-electron chi connectivity index (χ0n) is 18.9. The molecule has 0 aromatic heterocycles.